The van der Waals surface area contributed by atoms with E-state index in [0.717, 1.165) is 0 Å². The van der Waals surface area contributed by atoms with Gasteiger partial charge in [-0.25, -0.2) is 4.79 Å². The standard InChI is InChI=1S/C11H21NO5/c1-11(2,3)17-10(15)12-6-5-8(13)7-9(14)16-4/h8,13H,5-7H2,1-4H3,(H,12,15)/t8-/m0/s1. The molecule has 2 N–H and O–H groups in total. The average Bonchev–Trinajstić information content (AvgIpc) is 2.14. The minimum Gasteiger partial charge on any atom is -0.469 e. The van der Waals surface area contributed by atoms with Crippen LogP contribution in [0.3, 0.4) is 0 Å². The van der Waals surface area contributed by atoms with E-state index < -0.39 is 23.8 Å². The Hall–Kier alpha value is -1.30. The number of ether oxygens (including phenoxy) is 2. The van der Waals surface area contributed by atoms with Gasteiger partial charge in [0.15, 0.2) is 0 Å². The molecule has 0 bridgehead atoms. The van der Waals surface area contributed by atoms with Gasteiger partial charge in [0.05, 0.1) is 19.6 Å². The largest absolute Gasteiger partial charge is 0.469 e. The summed E-state index contributed by atoms with van der Waals surface area (Å²) in [7, 11) is 1.26. The van der Waals surface area contributed by atoms with Crippen molar-refractivity contribution in [2.45, 2.75) is 45.3 Å². The monoisotopic (exact) mass is 247 g/mol. The summed E-state index contributed by atoms with van der Waals surface area (Å²) in [4.78, 5) is 22.0. The fourth-order valence-electron chi connectivity index (χ4n) is 1.03. The first-order valence-corrected chi connectivity index (χ1v) is 5.46. The van der Waals surface area contributed by atoms with Crippen molar-refractivity contribution in [3.8, 4) is 0 Å². The van der Waals surface area contributed by atoms with Crippen LogP contribution >= 0.6 is 0 Å². The molecule has 0 saturated carbocycles. The van der Waals surface area contributed by atoms with E-state index in [2.05, 4.69) is 10.1 Å². The second kappa shape index (κ2) is 7.11. The van der Waals surface area contributed by atoms with Crippen molar-refractivity contribution in [3.05, 3.63) is 0 Å². The van der Waals surface area contributed by atoms with Crippen molar-refractivity contribution in [3.63, 3.8) is 0 Å². The van der Waals surface area contributed by atoms with Crippen LogP contribution < -0.4 is 5.32 Å². The smallest absolute Gasteiger partial charge is 0.407 e. The van der Waals surface area contributed by atoms with Crippen molar-refractivity contribution < 1.29 is 24.2 Å². The van der Waals surface area contributed by atoms with E-state index in [1.165, 1.54) is 7.11 Å². The lowest BCUT2D eigenvalue weighted by Gasteiger charge is -2.20. The molecule has 0 spiro atoms. The summed E-state index contributed by atoms with van der Waals surface area (Å²) in [6.07, 6.45) is -1.17. The minimum atomic E-state index is -0.822. The molecule has 0 aliphatic heterocycles. The Balaban J connectivity index is 3.70. The maximum atomic E-state index is 11.2. The van der Waals surface area contributed by atoms with Gasteiger partial charge in [-0.05, 0) is 27.2 Å². The average molecular weight is 247 g/mol. The van der Waals surface area contributed by atoms with Gasteiger partial charge in [-0.2, -0.15) is 0 Å². The Bertz CT molecular complexity index is 259. The number of rotatable bonds is 5. The van der Waals surface area contributed by atoms with Gasteiger partial charge >= 0.3 is 12.1 Å². The lowest BCUT2D eigenvalue weighted by molar-refractivity contribution is -0.142. The molecule has 0 aromatic heterocycles. The summed E-state index contributed by atoms with van der Waals surface area (Å²) < 4.78 is 9.40. The first-order chi connectivity index (χ1) is 7.74. The molecule has 1 amide bonds. The number of aliphatic hydroxyl groups excluding tert-OH is 1. The SMILES string of the molecule is COC(=O)C[C@@H](O)CCNC(=O)OC(C)(C)C. The highest BCUT2D eigenvalue weighted by atomic mass is 16.6. The predicted octanol–water partition coefficient (Wildman–Crippen LogP) is 0.825. The van der Waals surface area contributed by atoms with E-state index in [-0.39, 0.29) is 19.4 Å². The quantitative estimate of drug-likeness (QED) is 0.703. The lowest BCUT2D eigenvalue weighted by Crippen LogP contribution is -2.34. The van der Waals surface area contributed by atoms with Crippen LogP contribution in [0.4, 0.5) is 4.79 Å². The highest BCUT2D eigenvalue weighted by Crippen LogP contribution is 2.06. The molecule has 0 unspecified atom stereocenters. The van der Waals surface area contributed by atoms with Crippen LogP contribution in [0, 0.1) is 0 Å². The highest BCUT2D eigenvalue weighted by molar-refractivity contribution is 5.69. The third-order valence-corrected chi connectivity index (χ3v) is 1.78. The van der Waals surface area contributed by atoms with Gasteiger partial charge in [0.1, 0.15) is 5.60 Å². The Kier molecular flexibility index (Phi) is 6.57. The van der Waals surface area contributed by atoms with Gasteiger partial charge < -0.3 is 19.9 Å². The Morgan fingerprint density at radius 2 is 1.94 bits per heavy atom. The molecule has 0 fully saturated rings. The third-order valence-electron chi connectivity index (χ3n) is 1.78. The van der Waals surface area contributed by atoms with Crippen LogP contribution in [0.15, 0.2) is 0 Å². The van der Waals surface area contributed by atoms with Crippen molar-refractivity contribution >= 4 is 12.1 Å². The van der Waals surface area contributed by atoms with Crippen molar-refractivity contribution in [1.82, 2.24) is 5.32 Å². The zero-order valence-electron chi connectivity index (χ0n) is 10.8. The second-order valence-electron chi connectivity index (χ2n) is 4.65. The van der Waals surface area contributed by atoms with Crippen molar-refractivity contribution in [1.29, 1.82) is 0 Å². The van der Waals surface area contributed by atoms with Gasteiger partial charge in [0.2, 0.25) is 0 Å². The topological polar surface area (TPSA) is 84.9 Å². The molecule has 6 heteroatoms. The summed E-state index contributed by atoms with van der Waals surface area (Å²) in [6, 6.07) is 0. The molecule has 100 valence electrons. The summed E-state index contributed by atoms with van der Waals surface area (Å²) in [6.45, 7) is 5.53. The zero-order valence-corrected chi connectivity index (χ0v) is 10.8. The summed E-state index contributed by atoms with van der Waals surface area (Å²) >= 11 is 0. The first kappa shape index (κ1) is 15.7. The maximum Gasteiger partial charge on any atom is 0.407 e. The Morgan fingerprint density at radius 1 is 1.35 bits per heavy atom. The van der Waals surface area contributed by atoms with Crippen molar-refractivity contribution in [2.24, 2.45) is 0 Å². The van der Waals surface area contributed by atoms with E-state index in [0.29, 0.717) is 0 Å². The molecule has 0 saturated heterocycles. The van der Waals surface area contributed by atoms with E-state index in [4.69, 9.17) is 4.74 Å². The molecular weight excluding hydrogens is 226 g/mol. The maximum absolute atomic E-state index is 11.2. The number of carbonyl (C=O) groups is 2. The van der Waals surface area contributed by atoms with E-state index in [1.807, 2.05) is 0 Å². The number of amides is 1. The number of hydrogen-bond acceptors (Lipinski definition) is 5. The number of alkyl carbamates (subject to hydrolysis) is 1. The summed E-state index contributed by atoms with van der Waals surface area (Å²) in [5.74, 6) is -0.477. The van der Waals surface area contributed by atoms with Crippen LogP contribution in [0.1, 0.15) is 33.6 Å². The fraction of sp³-hybridized carbons (Fsp3) is 0.818. The summed E-state index contributed by atoms with van der Waals surface area (Å²) in [5, 5.41) is 11.9. The molecule has 0 aliphatic rings. The Morgan fingerprint density at radius 3 is 2.41 bits per heavy atom. The van der Waals surface area contributed by atoms with Gasteiger partial charge in [-0.15, -0.1) is 0 Å². The molecule has 0 aromatic carbocycles. The van der Waals surface area contributed by atoms with Crippen LogP contribution in [0.5, 0.6) is 0 Å². The van der Waals surface area contributed by atoms with Crippen LogP contribution in [0.25, 0.3) is 0 Å². The van der Waals surface area contributed by atoms with E-state index >= 15 is 0 Å². The first-order valence-electron chi connectivity index (χ1n) is 5.46. The van der Waals surface area contributed by atoms with Gasteiger partial charge in [0.25, 0.3) is 0 Å². The minimum absolute atomic E-state index is 0.0769. The molecule has 0 aliphatic carbocycles. The number of methoxy groups -OCH3 is 1. The third kappa shape index (κ3) is 9.62. The van der Waals surface area contributed by atoms with E-state index in [9.17, 15) is 14.7 Å². The molecular formula is C11H21NO5. The normalized spacial score (nSPS) is 12.8. The molecule has 0 rings (SSSR count). The molecule has 0 heterocycles. The highest BCUT2D eigenvalue weighted by Gasteiger charge is 2.16. The number of aliphatic hydroxyl groups is 1. The summed E-state index contributed by atoms with van der Waals surface area (Å²) in [5.41, 5.74) is -0.547. The molecule has 17 heavy (non-hydrogen) atoms. The van der Waals surface area contributed by atoms with Crippen LogP contribution in [-0.2, 0) is 14.3 Å². The predicted molar refractivity (Wildman–Crippen MR) is 61.5 cm³/mol. The van der Waals surface area contributed by atoms with E-state index in [1.54, 1.807) is 20.8 Å². The molecule has 0 radical (unpaired) electrons. The Labute approximate surface area is 101 Å². The van der Waals surface area contributed by atoms with Gasteiger partial charge in [-0.3, -0.25) is 4.79 Å². The number of esters is 1. The number of nitrogens with one attached hydrogen (secondary N) is 1. The van der Waals surface area contributed by atoms with Crippen molar-refractivity contribution in [2.75, 3.05) is 13.7 Å². The zero-order chi connectivity index (χ0) is 13.5. The molecule has 6 nitrogen and oxygen atoms in total. The molecule has 1 atom stereocenters. The fourth-order valence-corrected chi connectivity index (χ4v) is 1.03. The number of carbonyl (C=O) groups excluding carboxylic acids is 2. The van der Waals surface area contributed by atoms with Gasteiger partial charge in [0, 0.05) is 6.54 Å². The number of hydrogen-bond donors (Lipinski definition) is 2. The molecule has 0 aromatic rings. The van der Waals surface area contributed by atoms with Gasteiger partial charge in [-0.1, -0.05) is 0 Å². The van der Waals surface area contributed by atoms with Crippen LogP contribution in [0.2, 0.25) is 0 Å². The van der Waals surface area contributed by atoms with Crippen LogP contribution in [-0.4, -0.2) is 42.5 Å². The second-order valence-corrected chi connectivity index (χ2v) is 4.65. The lowest BCUT2D eigenvalue weighted by atomic mass is 10.2.